The van der Waals surface area contributed by atoms with Crippen molar-refractivity contribution >= 4 is 11.7 Å². The van der Waals surface area contributed by atoms with Crippen LogP contribution in [0.2, 0.25) is 0 Å². The van der Waals surface area contributed by atoms with E-state index in [1.54, 1.807) is 0 Å². The SMILES string of the molecule is NC(=O)C(=O)C1N=NN=N1. The van der Waals surface area contributed by atoms with Gasteiger partial charge in [0.25, 0.3) is 17.9 Å². The van der Waals surface area contributed by atoms with E-state index in [9.17, 15) is 9.59 Å². The van der Waals surface area contributed by atoms with Gasteiger partial charge < -0.3 is 5.73 Å². The fraction of sp³-hybridized carbons (Fsp3) is 0.333. The minimum Gasteiger partial charge on any atom is -0.363 e. The van der Waals surface area contributed by atoms with Gasteiger partial charge in [-0.1, -0.05) is 0 Å². The monoisotopic (exact) mass is 141 g/mol. The maximum absolute atomic E-state index is 10.6. The highest BCUT2D eigenvalue weighted by Gasteiger charge is 2.24. The van der Waals surface area contributed by atoms with E-state index in [0.29, 0.717) is 0 Å². The van der Waals surface area contributed by atoms with Gasteiger partial charge in [0.15, 0.2) is 0 Å². The van der Waals surface area contributed by atoms with Gasteiger partial charge in [0.05, 0.1) is 0 Å². The Kier molecular flexibility index (Phi) is 1.48. The molecule has 10 heavy (non-hydrogen) atoms. The van der Waals surface area contributed by atoms with Gasteiger partial charge >= 0.3 is 0 Å². The molecule has 0 fully saturated rings. The standard InChI is InChI=1S/C3H3N5O2/c4-2(10)1(9)3-5-7-8-6-3/h3H,(H2,4,10). The van der Waals surface area contributed by atoms with Crippen LogP contribution in [0, 0.1) is 0 Å². The zero-order valence-corrected chi connectivity index (χ0v) is 4.76. The molecule has 52 valence electrons. The summed E-state index contributed by atoms with van der Waals surface area (Å²) < 4.78 is 0. The molecule has 1 rings (SSSR count). The number of ketones is 1. The topological polar surface area (TPSA) is 110 Å². The smallest absolute Gasteiger partial charge is 0.289 e. The maximum atomic E-state index is 10.6. The Balaban J connectivity index is 2.67. The third-order valence-electron chi connectivity index (χ3n) is 0.839. The van der Waals surface area contributed by atoms with Crippen molar-refractivity contribution < 1.29 is 9.59 Å². The van der Waals surface area contributed by atoms with E-state index in [0.717, 1.165) is 0 Å². The molecule has 1 amide bonds. The molecule has 0 atom stereocenters. The predicted molar refractivity (Wildman–Crippen MR) is 27.7 cm³/mol. The Morgan fingerprint density at radius 2 is 1.70 bits per heavy atom. The first-order chi connectivity index (χ1) is 4.72. The van der Waals surface area contributed by atoms with Gasteiger partial charge in [-0.3, -0.25) is 9.59 Å². The second-order valence-electron chi connectivity index (χ2n) is 1.51. The number of primary amides is 1. The van der Waals surface area contributed by atoms with Crippen LogP contribution in [0.5, 0.6) is 0 Å². The first-order valence-corrected chi connectivity index (χ1v) is 2.35. The van der Waals surface area contributed by atoms with Gasteiger partial charge in [0.2, 0.25) is 0 Å². The van der Waals surface area contributed by atoms with E-state index in [1.807, 2.05) is 0 Å². The molecule has 0 saturated carbocycles. The number of carbonyl (C=O) groups is 2. The van der Waals surface area contributed by atoms with Crippen LogP contribution in [0.1, 0.15) is 0 Å². The fourth-order valence-corrected chi connectivity index (χ4v) is 0.399. The van der Waals surface area contributed by atoms with Crippen molar-refractivity contribution in [2.75, 3.05) is 0 Å². The second kappa shape index (κ2) is 2.29. The maximum Gasteiger partial charge on any atom is 0.289 e. The number of hydrogen-bond donors (Lipinski definition) is 1. The predicted octanol–water partition coefficient (Wildman–Crippen LogP) is -0.800. The molecule has 1 heterocycles. The van der Waals surface area contributed by atoms with Gasteiger partial charge in [-0.05, 0) is 10.4 Å². The molecule has 0 spiro atoms. The number of hydrogen-bond acceptors (Lipinski definition) is 6. The Hall–Kier alpha value is -1.66. The fourth-order valence-electron chi connectivity index (χ4n) is 0.399. The Morgan fingerprint density at radius 1 is 1.20 bits per heavy atom. The summed E-state index contributed by atoms with van der Waals surface area (Å²) in [7, 11) is 0. The highest BCUT2D eigenvalue weighted by molar-refractivity contribution is 6.37. The van der Waals surface area contributed by atoms with Crippen molar-refractivity contribution in [1.29, 1.82) is 0 Å². The summed E-state index contributed by atoms with van der Waals surface area (Å²) in [5.41, 5.74) is 4.62. The molecular formula is C3H3N5O2. The van der Waals surface area contributed by atoms with Crippen LogP contribution in [0.4, 0.5) is 0 Å². The molecule has 1 aliphatic heterocycles. The highest BCUT2D eigenvalue weighted by atomic mass is 16.2. The molecule has 0 aromatic heterocycles. The Labute approximate surface area is 55.0 Å². The zero-order valence-electron chi connectivity index (χ0n) is 4.76. The number of carbonyl (C=O) groups excluding carboxylic acids is 2. The minimum absolute atomic E-state index is 0.898. The summed E-state index contributed by atoms with van der Waals surface area (Å²) in [6.45, 7) is 0. The Morgan fingerprint density at radius 3 is 2.10 bits per heavy atom. The summed E-state index contributed by atoms with van der Waals surface area (Å²) in [4.78, 5) is 20.7. The van der Waals surface area contributed by atoms with Gasteiger partial charge in [-0.25, -0.2) is 0 Å². The number of nitrogens with zero attached hydrogens (tertiary/aromatic N) is 4. The minimum atomic E-state index is -1.14. The van der Waals surface area contributed by atoms with E-state index in [4.69, 9.17) is 0 Å². The van der Waals surface area contributed by atoms with Crippen molar-refractivity contribution in [3.63, 3.8) is 0 Å². The van der Waals surface area contributed by atoms with Crippen LogP contribution in [0.15, 0.2) is 20.7 Å². The first kappa shape index (κ1) is 6.46. The van der Waals surface area contributed by atoms with Gasteiger partial charge in [-0.2, -0.15) is 0 Å². The number of amides is 1. The molecule has 0 aliphatic carbocycles. The zero-order chi connectivity index (χ0) is 7.56. The average Bonchev–Trinajstić information content (AvgIpc) is 2.36. The average molecular weight is 141 g/mol. The van der Waals surface area contributed by atoms with Crippen LogP contribution in [-0.2, 0) is 9.59 Å². The van der Waals surface area contributed by atoms with Crippen LogP contribution in [0.3, 0.4) is 0 Å². The molecule has 0 bridgehead atoms. The van der Waals surface area contributed by atoms with Crippen LogP contribution >= 0.6 is 0 Å². The molecule has 1 aliphatic rings. The van der Waals surface area contributed by atoms with Gasteiger partial charge in [0, 0.05) is 0 Å². The van der Waals surface area contributed by atoms with Gasteiger partial charge in [-0.15, -0.1) is 10.2 Å². The number of nitrogens with two attached hydrogens (primary N) is 1. The largest absolute Gasteiger partial charge is 0.363 e. The molecule has 7 heteroatoms. The summed E-state index contributed by atoms with van der Waals surface area (Å²) in [5, 5.41) is 12.4. The molecular weight excluding hydrogens is 138 g/mol. The van der Waals surface area contributed by atoms with Crippen molar-refractivity contribution in [2.24, 2.45) is 26.4 Å². The quantitative estimate of drug-likeness (QED) is 0.507. The third kappa shape index (κ3) is 1.02. The molecule has 0 radical (unpaired) electrons. The second-order valence-corrected chi connectivity index (χ2v) is 1.51. The molecule has 0 aromatic rings. The lowest BCUT2D eigenvalue weighted by atomic mass is 10.3. The normalized spacial score (nSPS) is 16.0. The highest BCUT2D eigenvalue weighted by Crippen LogP contribution is 2.04. The lowest BCUT2D eigenvalue weighted by Gasteiger charge is -1.91. The lowest BCUT2D eigenvalue weighted by molar-refractivity contribution is -0.136. The van der Waals surface area contributed by atoms with Crippen molar-refractivity contribution in [3.8, 4) is 0 Å². The summed E-state index contributed by atoms with van der Waals surface area (Å²) in [6, 6.07) is 0. The lowest BCUT2D eigenvalue weighted by Crippen LogP contribution is -2.30. The number of rotatable bonds is 2. The molecule has 0 aromatic carbocycles. The van der Waals surface area contributed by atoms with Crippen molar-refractivity contribution in [3.05, 3.63) is 0 Å². The van der Waals surface area contributed by atoms with Crippen molar-refractivity contribution in [1.82, 2.24) is 0 Å². The summed E-state index contributed by atoms with van der Waals surface area (Å²) >= 11 is 0. The summed E-state index contributed by atoms with van der Waals surface area (Å²) in [6.07, 6.45) is -1.14. The van der Waals surface area contributed by atoms with Crippen molar-refractivity contribution in [2.45, 2.75) is 6.17 Å². The van der Waals surface area contributed by atoms with E-state index < -0.39 is 17.9 Å². The molecule has 2 N–H and O–H groups in total. The molecule has 0 saturated heterocycles. The van der Waals surface area contributed by atoms with E-state index in [1.165, 1.54) is 0 Å². The summed E-state index contributed by atoms with van der Waals surface area (Å²) in [5.74, 6) is -1.98. The third-order valence-corrected chi connectivity index (χ3v) is 0.839. The van der Waals surface area contributed by atoms with E-state index in [2.05, 4.69) is 26.4 Å². The first-order valence-electron chi connectivity index (χ1n) is 2.35. The molecule has 7 nitrogen and oxygen atoms in total. The van der Waals surface area contributed by atoms with E-state index >= 15 is 0 Å². The number of Topliss-reactive ketones (excluding diaryl/α,β-unsaturated/α-hetero) is 1. The van der Waals surface area contributed by atoms with Crippen LogP contribution in [0.25, 0.3) is 0 Å². The van der Waals surface area contributed by atoms with E-state index in [-0.39, 0.29) is 0 Å². The van der Waals surface area contributed by atoms with Crippen LogP contribution < -0.4 is 5.73 Å². The van der Waals surface area contributed by atoms with Gasteiger partial charge in [0.1, 0.15) is 0 Å². The molecule has 0 unspecified atom stereocenters. The van der Waals surface area contributed by atoms with Crippen LogP contribution in [-0.4, -0.2) is 17.9 Å². The Bertz CT molecular complexity index is 219.